The zero-order chi connectivity index (χ0) is 15.3. The summed E-state index contributed by atoms with van der Waals surface area (Å²) in [7, 11) is 3.37. The van der Waals surface area contributed by atoms with Crippen LogP contribution in [0.3, 0.4) is 0 Å². The highest BCUT2D eigenvalue weighted by molar-refractivity contribution is 5.46. The van der Waals surface area contributed by atoms with E-state index in [0.717, 1.165) is 43.2 Å². The minimum absolute atomic E-state index is 0.519. The highest BCUT2D eigenvalue weighted by atomic mass is 16.5. The summed E-state index contributed by atoms with van der Waals surface area (Å²) in [5.74, 6) is 1.54. The summed E-state index contributed by atoms with van der Waals surface area (Å²) in [5, 5.41) is 3.38. The van der Waals surface area contributed by atoms with Gasteiger partial charge < -0.3 is 24.3 Å². The molecule has 1 aromatic carbocycles. The van der Waals surface area contributed by atoms with Crippen LogP contribution in [0.1, 0.15) is 18.9 Å². The molecule has 0 spiro atoms. The number of hydrogen-bond acceptors (Lipinski definition) is 5. The lowest BCUT2D eigenvalue weighted by Crippen LogP contribution is -2.17. The van der Waals surface area contributed by atoms with Crippen molar-refractivity contribution in [1.82, 2.24) is 5.32 Å². The van der Waals surface area contributed by atoms with Gasteiger partial charge in [-0.2, -0.15) is 0 Å². The van der Waals surface area contributed by atoms with Gasteiger partial charge in [-0.25, -0.2) is 0 Å². The summed E-state index contributed by atoms with van der Waals surface area (Å²) in [5.41, 5.74) is 1.09. The van der Waals surface area contributed by atoms with Gasteiger partial charge in [0, 0.05) is 32.4 Å². The molecule has 0 radical (unpaired) electrons. The number of benzene rings is 1. The van der Waals surface area contributed by atoms with E-state index in [-0.39, 0.29) is 0 Å². The Morgan fingerprint density at radius 1 is 1.10 bits per heavy atom. The fourth-order valence-corrected chi connectivity index (χ4v) is 1.94. The van der Waals surface area contributed by atoms with Crippen LogP contribution in [0.2, 0.25) is 0 Å². The Morgan fingerprint density at radius 3 is 2.67 bits per heavy atom. The first kappa shape index (κ1) is 17.8. The van der Waals surface area contributed by atoms with E-state index >= 15 is 0 Å². The van der Waals surface area contributed by atoms with Gasteiger partial charge in [0.25, 0.3) is 0 Å². The van der Waals surface area contributed by atoms with Crippen LogP contribution < -0.4 is 14.8 Å². The predicted octanol–water partition coefficient (Wildman–Crippen LogP) is 2.24. The standard InChI is InChI=1S/C16H27NO4/c1-4-20-11-12-21-16-14(7-5-8-15(16)19-3)13-17-9-6-10-18-2/h5,7-8,17H,4,6,9-13H2,1-3H3. The Bertz CT molecular complexity index is 385. The van der Waals surface area contributed by atoms with Gasteiger partial charge in [0.05, 0.1) is 13.7 Å². The third-order valence-electron chi connectivity index (χ3n) is 2.98. The van der Waals surface area contributed by atoms with E-state index in [1.165, 1.54) is 0 Å². The number of methoxy groups -OCH3 is 2. The first-order valence-electron chi connectivity index (χ1n) is 7.39. The highest BCUT2D eigenvalue weighted by Crippen LogP contribution is 2.31. The van der Waals surface area contributed by atoms with Crippen LogP contribution in [0, 0.1) is 0 Å². The third kappa shape index (κ3) is 6.80. The molecule has 0 fully saturated rings. The van der Waals surface area contributed by atoms with Crippen molar-refractivity contribution in [2.24, 2.45) is 0 Å². The molecule has 1 aromatic rings. The third-order valence-corrected chi connectivity index (χ3v) is 2.98. The van der Waals surface area contributed by atoms with Crippen molar-refractivity contribution in [3.05, 3.63) is 23.8 Å². The lowest BCUT2D eigenvalue weighted by atomic mass is 10.2. The molecule has 0 aliphatic carbocycles. The minimum Gasteiger partial charge on any atom is -0.493 e. The van der Waals surface area contributed by atoms with Crippen molar-refractivity contribution < 1.29 is 18.9 Å². The van der Waals surface area contributed by atoms with Gasteiger partial charge in [0.2, 0.25) is 0 Å². The summed E-state index contributed by atoms with van der Waals surface area (Å²) < 4.78 is 21.5. The van der Waals surface area contributed by atoms with Crippen LogP contribution in [0.25, 0.3) is 0 Å². The molecule has 21 heavy (non-hydrogen) atoms. The van der Waals surface area contributed by atoms with Crippen LogP contribution in [0.5, 0.6) is 11.5 Å². The predicted molar refractivity (Wildman–Crippen MR) is 83.2 cm³/mol. The molecule has 0 unspecified atom stereocenters. The molecule has 1 N–H and O–H groups in total. The van der Waals surface area contributed by atoms with Crippen molar-refractivity contribution in [1.29, 1.82) is 0 Å². The van der Waals surface area contributed by atoms with Crippen molar-refractivity contribution in [3.8, 4) is 11.5 Å². The summed E-state index contributed by atoms with van der Waals surface area (Å²) in [6.07, 6.45) is 0.987. The van der Waals surface area contributed by atoms with Gasteiger partial charge in [0.15, 0.2) is 11.5 Å². The summed E-state index contributed by atoms with van der Waals surface area (Å²) >= 11 is 0. The Hall–Kier alpha value is -1.30. The zero-order valence-corrected chi connectivity index (χ0v) is 13.3. The maximum absolute atomic E-state index is 5.82. The van der Waals surface area contributed by atoms with E-state index in [9.17, 15) is 0 Å². The summed E-state index contributed by atoms with van der Waals surface area (Å²) in [6, 6.07) is 5.92. The zero-order valence-electron chi connectivity index (χ0n) is 13.3. The first-order valence-corrected chi connectivity index (χ1v) is 7.39. The molecule has 0 amide bonds. The SMILES string of the molecule is CCOCCOc1c(CNCCCOC)cccc1OC. The van der Waals surface area contributed by atoms with E-state index in [2.05, 4.69) is 5.32 Å². The molecule has 5 heteroatoms. The largest absolute Gasteiger partial charge is 0.493 e. The van der Waals surface area contributed by atoms with E-state index in [0.29, 0.717) is 19.8 Å². The molecular formula is C16H27NO4. The van der Waals surface area contributed by atoms with Crippen LogP contribution in [-0.4, -0.2) is 47.2 Å². The second-order valence-corrected chi connectivity index (χ2v) is 4.52. The monoisotopic (exact) mass is 297 g/mol. The molecule has 0 aliphatic rings. The number of rotatable bonds is 12. The van der Waals surface area contributed by atoms with Crippen LogP contribution in [0.15, 0.2) is 18.2 Å². The maximum atomic E-state index is 5.82. The van der Waals surface area contributed by atoms with Crippen LogP contribution in [-0.2, 0) is 16.0 Å². The number of para-hydroxylation sites is 1. The lowest BCUT2D eigenvalue weighted by Gasteiger charge is -2.15. The van der Waals surface area contributed by atoms with Gasteiger partial charge in [-0.3, -0.25) is 0 Å². The molecule has 0 bridgehead atoms. The molecule has 0 aliphatic heterocycles. The normalized spacial score (nSPS) is 10.6. The molecule has 0 atom stereocenters. The molecule has 0 saturated carbocycles. The first-order chi connectivity index (χ1) is 10.3. The highest BCUT2D eigenvalue weighted by Gasteiger charge is 2.10. The van der Waals surface area contributed by atoms with Crippen LogP contribution in [0.4, 0.5) is 0 Å². The lowest BCUT2D eigenvalue weighted by molar-refractivity contribution is 0.108. The molecule has 0 aromatic heterocycles. The summed E-state index contributed by atoms with van der Waals surface area (Å²) in [4.78, 5) is 0. The van der Waals surface area contributed by atoms with Gasteiger partial charge >= 0.3 is 0 Å². The van der Waals surface area contributed by atoms with Crippen LogP contribution >= 0.6 is 0 Å². The molecule has 1 rings (SSSR count). The number of ether oxygens (including phenoxy) is 4. The van der Waals surface area contributed by atoms with Gasteiger partial charge in [-0.15, -0.1) is 0 Å². The Morgan fingerprint density at radius 2 is 1.95 bits per heavy atom. The summed E-state index contributed by atoms with van der Waals surface area (Å²) in [6.45, 7) is 6.18. The molecule has 5 nitrogen and oxygen atoms in total. The minimum atomic E-state index is 0.519. The van der Waals surface area contributed by atoms with Crippen molar-refractivity contribution >= 4 is 0 Å². The molecular weight excluding hydrogens is 270 g/mol. The molecule has 120 valence electrons. The Labute approximate surface area is 127 Å². The van der Waals surface area contributed by atoms with Gasteiger partial charge in [0.1, 0.15) is 6.61 Å². The second-order valence-electron chi connectivity index (χ2n) is 4.52. The van der Waals surface area contributed by atoms with Crippen molar-refractivity contribution in [3.63, 3.8) is 0 Å². The van der Waals surface area contributed by atoms with E-state index in [4.69, 9.17) is 18.9 Å². The van der Waals surface area contributed by atoms with E-state index < -0.39 is 0 Å². The smallest absolute Gasteiger partial charge is 0.165 e. The quantitative estimate of drug-likeness (QED) is 0.600. The second kappa shape index (κ2) is 11.4. The van der Waals surface area contributed by atoms with E-state index in [1.54, 1.807) is 14.2 Å². The van der Waals surface area contributed by atoms with Crippen molar-refractivity contribution in [2.45, 2.75) is 19.9 Å². The Balaban J connectivity index is 2.55. The molecule has 0 saturated heterocycles. The maximum Gasteiger partial charge on any atom is 0.165 e. The van der Waals surface area contributed by atoms with Crippen molar-refractivity contribution in [2.75, 3.05) is 47.2 Å². The fraction of sp³-hybridized carbons (Fsp3) is 0.625. The number of hydrogen-bond donors (Lipinski definition) is 1. The van der Waals surface area contributed by atoms with E-state index in [1.807, 2.05) is 25.1 Å². The number of nitrogens with one attached hydrogen (secondary N) is 1. The topological polar surface area (TPSA) is 49.0 Å². The Kier molecular flexibility index (Phi) is 9.61. The molecule has 0 heterocycles. The average Bonchev–Trinajstić information content (AvgIpc) is 2.52. The average molecular weight is 297 g/mol. The van der Waals surface area contributed by atoms with Gasteiger partial charge in [-0.1, -0.05) is 12.1 Å². The van der Waals surface area contributed by atoms with Gasteiger partial charge in [-0.05, 0) is 26.0 Å². The fourth-order valence-electron chi connectivity index (χ4n) is 1.94.